The van der Waals surface area contributed by atoms with Gasteiger partial charge in [-0.2, -0.15) is 5.10 Å². The van der Waals surface area contributed by atoms with Gasteiger partial charge in [0.2, 0.25) is 0 Å². The molecule has 0 radical (unpaired) electrons. The molecule has 1 aliphatic rings. The van der Waals surface area contributed by atoms with E-state index in [0.29, 0.717) is 11.9 Å². The number of hydrogen-bond donors (Lipinski definition) is 1. The van der Waals surface area contributed by atoms with E-state index in [-0.39, 0.29) is 0 Å². The first-order valence-electron chi connectivity index (χ1n) is 4.67. The number of nitrogens with zero attached hydrogens (tertiary/aromatic N) is 2. The molecule has 1 aliphatic heterocycles. The van der Waals surface area contributed by atoms with E-state index in [1.807, 2.05) is 17.8 Å². The molecule has 2 N–H and O–H groups in total. The summed E-state index contributed by atoms with van der Waals surface area (Å²) in [5, 5.41) is 4.19. The molecule has 0 unspecified atom stereocenters. The summed E-state index contributed by atoms with van der Waals surface area (Å²) in [6.45, 7) is 3.69. The van der Waals surface area contributed by atoms with Crippen molar-refractivity contribution in [3.63, 3.8) is 0 Å². The van der Waals surface area contributed by atoms with Crippen LogP contribution in [0.3, 0.4) is 0 Å². The second-order valence-corrected chi connectivity index (χ2v) is 3.55. The van der Waals surface area contributed by atoms with Gasteiger partial charge in [0.05, 0.1) is 12.6 Å². The molecule has 4 heteroatoms. The van der Waals surface area contributed by atoms with Gasteiger partial charge in [0, 0.05) is 18.4 Å². The summed E-state index contributed by atoms with van der Waals surface area (Å²) in [5.74, 6) is 0.623. The summed E-state index contributed by atoms with van der Waals surface area (Å²) in [6, 6.07) is 0. The molecule has 1 atom stereocenters. The van der Waals surface area contributed by atoms with Gasteiger partial charge in [0.15, 0.2) is 0 Å². The monoisotopic (exact) mass is 181 g/mol. The highest BCUT2D eigenvalue weighted by molar-refractivity contribution is 5.35. The summed E-state index contributed by atoms with van der Waals surface area (Å²) in [5.41, 5.74) is 6.68. The highest BCUT2D eigenvalue weighted by atomic mass is 16.5. The van der Waals surface area contributed by atoms with Crippen LogP contribution >= 0.6 is 0 Å². The van der Waals surface area contributed by atoms with Crippen LogP contribution in [0.5, 0.6) is 0 Å². The molecule has 0 bridgehead atoms. The topological polar surface area (TPSA) is 53.1 Å². The molecule has 0 aliphatic carbocycles. The van der Waals surface area contributed by atoms with E-state index in [1.54, 1.807) is 0 Å². The molecule has 2 heterocycles. The number of aromatic nitrogens is 2. The number of aryl methyl sites for hydroxylation is 1. The highest BCUT2D eigenvalue weighted by Crippen LogP contribution is 2.15. The van der Waals surface area contributed by atoms with Crippen molar-refractivity contribution in [2.24, 2.45) is 0 Å². The maximum atomic E-state index is 5.64. The molecule has 0 saturated carbocycles. The summed E-state index contributed by atoms with van der Waals surface area (Å²) >= 11 is 0. The van der Waals surface area contributed by atoms with Gasteiger partial charge in [-0.15, -0.1) is 0 Å². The second-order valence-electron chi connectivity index (χ2n) is 3.55. The summed E-state index contributed by atoms with van der Waals surface area (Å²) in [6.07, 6.45) is 4.61. The maximum absolute atomic E-state index is 5.64. The van der Waals surface area contributed by atoms with Crippen molar-refractivity contribution in [3.05, 3.63) is 11.8 Å². The Kier molecular flexibility index (Phi) is 2.22. The molecule has 1 aromatic rings. The smallest absolute Gasteiger partial charge is 0.148 e. The van der Waals surface area contributed by atoms with E-state index in [1.165, 1.54) is 6.42 Å². The van der Waals surface area contributed by atoms with Gasteiger partial charge in [-0.1, -0.05) is 0 Å². The van der Waals surface area contributed by atoms with E-state index in [2.05, 4.69) is 5.10 Å². The van der Waals surface area contributed by atoms with Gasteiger partial charge in [-0.3, -0.25) is 4.68 Å². The van der Waals surface area contributed by atoms with Crippen LogP contribution in [0.2, 0.25) is 0 Å². The van der Waals surface area contributed by atoms with Crippen LogP contribution in [-0.4, -0.2) is 22.5 Å². The Hall–Kier alpha value is -1.03. The van der Waals surface area contributed by atoms with Crippen LogP contribution in [0.15, 0.2) is 6.20 Å². The van der Waals surface area contributed by atoms with Gasteiger partial charge in [-0.05, 0) is 19.8 Å². The van der Waals surface area contributed by atoms with Crippen LogP contribution in [0.25, 0.3) is 0 Å². The standard InChI is InChI=1S/C9H15N3O/c1-7-5-12(11-9(7)10)6-8-3-2-4-13-8/h5,8H,2-4,6H2,1H3,(H2,10,11)/t8-/m1/s1. The molecular weight excluding hydrogens is 166 g/mol. The van der Waals surface area contributed by atoms with E-state index in [0.717, 1.165) is 25.1 Å². The quantitative estimate of drug-likeness (QED) is 0.739. The molecule has 13 heavy (non-hydrogen) atoms. The number of nitrogen functional groups attached to an aromatic ring is 1. The van der Waals surface area contributed by atoms with Crippen LogP contribution < -0.4 is 5.73 Å². The summed E-state index contributed by atoms with van der Waals surface area (Å²) in [4.78, 5) is 0. The van der Waals surface area contributed by atoms with Crippen molar-refractivity contribution < 1.29 is 4.74 Å². The predicted octanol–water partition coefficient (Wildman–Crippen LogP) is 0.953. The SMILES string of the molecule is Cc1cn(C[C@H]2CCCO2)nc1N. The third kappa shape index (κ3) is 1.83. The van der Waals surface area contributed by atoms with Gasteiger partial charge in [-0.25, -0.2) is 0 Å². The van der Waals surface area contributed by atoms with E-state index < -0.39 is 0 Å². The Balaban J connectivity index is 2.00. The molecule has 72 valence electrons. The number of hydrogen-bond acceptors (Lipinski definition) is 3. The van der Waals surface area contributed by atoms with Crippen molar-refractivity contribution in [3.8, 4) is 0 Å². The average Bonchev–Trinajstić information content (AvgIpc) is 2.64. The lowest BCUT2D eigenvalue weighted by molar-refractivity contribution is 0.0941. The van der Waals surface area contributed by atoms with Gasteiger partial charge < -0.3 is 10.5 Å². The minimum atomic E-state index is 0.332. The summed E-state index contributed by atoms with van der Waals surface area (Å²) in [7, 11) is 0. The first kappa shape index (κ1) is 8.56. The summed E-state index contributed by atoms with van der Waals surface area (Å²) < 4.78 is 7.38. The number of anilines is 1. The van der Waals surface area contributed by atoms with Crippen LogP contribution in [0, 0.1) is 6.92 Å². The fourth-order valence-corrected chi connectivity index (χ4v) is 1.63. The van der Waals surface area contributed by atoms with Crippen molar-refractivity contribution in [2.75, 3.05) is 12.3 Å². The molecule has 0 aromatic carbocycles. The first-order valence-corrected chi connectivity index (χ1v) is 4.67. The van der Waals surface area contributed by atoms with Crippen molar-refractivity contribution in [1.29, 1.82) is 0 Å². The first-order chi connectivity index (χ1) is 6.25. The Morgan fingerprint density at radius 1 is 1.77 bits per heavy atom. The Morgan fingerprint density at radius 3 is 3.15 bits per heavy atom. The van der Waals surface area contributed by atoms with E-state index in [9.17, 15) is 0 Å². The van der Waals surface area contributed by atoms with Gasteiger partial charge in [0.25, 0.3) is 0 Å². The van der Waals surface area contributed by atoms with E-state index >= 15 is 0 Å². The van der Waals surface area contributed by atoms with Gasteiger partial charge in [0.1, 0.15) is 5.82 Å². The number of ether oxygens (including phenoxy) is 1. The highest BCUT2D eigenvalue weighted by Gasteiger charge is 2.16. The average molecular weight is 181 g/mol. The van der Waals surface area contributed by atoms with Crippen LogP contribution in [0.4, 0.5) is 5.82 Å². The molecule has 4 nitrogen and oxygen atoms in total. The fraction of sp³-hybridized carbons (Fsp3) is 0.667. The Labute approximate surface area is 77.7 Å². The van der Waals surface area contributed by atoms with Crippen molar-refractivity contribution in [1.82, 2.24) is 9.78 Å². The largest absolute Gasteiger partial charge is 0.382 e. The Morgan fingerprint density at radius 2 is 2.62 bits per heavy atom. The molecule has 0 spiro atoms. The van der Waals surface area contributed by atoms with Crippen molar-refractivity contribution >= 4 is 5.82 Å². The third-order valence-corrected chi connectivity index (χ3v) is 2.40. The fourth-order valence-electron chi connectivity index (χ4n) is 1.63. The number of rotatable bonds is 2. The Bertz CT molecular complexity index is 270. The zero-order valence-electron chi connectivity index (χ0n) is 7.86. The van der Waals surface area contributed by atoms with Crippen molar-refractivity contribution in [2.45, 2.75) is 32.4 Å². The predicted molar refractivity (Wildman–Crippen MR) is 50.4 cm³/mol. The van der Waals surface area contributed by atoms with Gasteiger partial charge >= 0.3 is 0 Å². The lowest BCUT2D eigenvalue weighted by Gasteiger charge is -2.08. The molecule has 1 aromatic heterocycles. The minimum Gasteiger partial charge on any atom is -0.382 e. The molecule has 1 fully saturated rings. The number of nitrogens with two attached hydrogens (primary N) is 1. The second kappa shape index (κ2) is 3.38. The molecule has 2 rings (SSSR count). The lowest BCUT2D eigenvalue weighted by atomic mass is 10.2. The third-order valence-electron chi connectivity index (χ3n) is 2.40. The normalized spacial score (nSPS) is 22.4. The minimum absolute atomic E-state index is 0.332. The zero-order chi connectivity index (χ0) is 9.26. The maximum Gasteiger partial charge on any atom is 0.148 e. The molecular formula is C9H15N3O. The lowest BCUT2D eigenvalue weighted by Crippen LogP contribution is -2.15. The van der Waals surface area contributed by atoms with Crippen LogP contribution in [-0.2, 0) is 11.3 Å². The molecule has 1 saturated heterocycles. The zero-order valence-corrected chi connectivity index (χ0v) is 7.86. The van der Waals surface area contributed by atoms with E-state index in [4.69, 9.17) is 10.5 Å². The molecule has 0 amide bonds. The van der Waals surface area contributed by atoms with Crippen LogP contribution in [0.1, 0.15) is 18.4 Å².